The van der Waals surface area contributed by atoms with E-state index in [-0.39, 0.29) is 0 Å². The van der Waals surface area contributed by atoms with Gasteiger partial charge < -0.3 is 10.1 Å². The summed E-state index contributed by atoms with van der Waals surface area (Å²) in [5.74, 6) is 0. The molecule has 0 fully saturated rings. The van der Waals surface area contributed by atoms with Crippen LogP contribution in [0, 0.1) is 0 Å². The highest BCUT2D eigenvalue weighted by Gasteiger charge is 1.94. The maximum Gasteiger partial charge on any atom is 0.0893 e. The molecule has 0 amide bonds. The molecule has 1 N–H and O–H groups in total. The Labute approximate surface area is 88.8 Å². The second-order valence-corrected chi connectivity index (χ2v) is 3.74. The van der Waals surface area contributed by atoms with E-state index in [1.165, 1.54) is 24.4 Å². The van der Waals surface area contributed by atoms with E-state index in [0.717, 1.165) is 31.8 Å². The third kappa shape index (κ3) is 5.26. The molecule has 0 saturated carbocycles. The van der Waals surface area contributed by atoms with Crippen molar-refractivity contribution in [3.05, 3.63) is 11.1 Å². The fraction of sp³-hybridized carbons (Fsp3) is 0.778. The zero-order chi connectivity index (χ0) is 10.1. The summed E-state index contributed by atoms with van der Waals surface area (Å²) in [5, 5.41) is 9.25. The second kappa shape index (κ2) is 7.84. The minimum atomic E-state index is 0.834. The van der Waals surface area contributed by atoms with E-state index in [1.54, 1.807) is 7.11 Å². The van der Waals surface area contributed by atoms with Gasteiger partial charge in [-0.25, -0.2) is 0 Å². The molecule has 1 aromatic heterocycles. The Morgan fingerprint density at radius 2 is 2.36 bits per heavy atom. The predicted molar refractivity (Wildman–Crippen MR) is 57.3 cm³/mol. The van der Waals surface area contributed by atoms with Crippen molar-refractivity contribution in [1.82, 2.24) is 14.9 Å². The van der Waals surface area contributed by atoms with Gasteiger partial charge in [-0.05, 0) is 37.3 Å². The summed E-state index contributed by atoms with van der Waals surface area (Å²) >= 11 is 1.40. The fourth-order valence-electron chi connectivity index (χ4n) is 1.15. The Kier molecular flexibility index (Phi) is 6.47. The van der Waals surface area contributed by atoms with Crippen LogP contribution in [0.15, 0.2) is 5.38 Å². The third-order valence-corrected chi connectivity index (χ3v) is 2.47. The number of aromatic nitrogens is 2. The number of ether oxygens (including phenoxy) is 1. The minimum Gasteiger partial charge on any atom is -0.385 e. The lowest BCUT2D eigenvalue weighted by atomic mass is 10.2. The molecule has 0 atom stereocenters. The van der Waals surface area contributed by atoms with Gasteiger partial charge in [-0.15, -0.1) is 5.10 Å². The molecule has 5 heteroatoms. The van der Waals surface area contributed by atoms with Crippen molar-refractivity contribution in [3.63, 3.8) is 0 Å². The van der Waals surface area contributed by atoms with Crippen molar-refractivity contribution in [2.45, 2.75) is 25.8 Å². The van der Waals surface area contributed by atoms with Crippen LogP contribution in [0.2, 0.25) is 0 Å². The van der Waals surface area contributed by atoms with E-state index < -0.39 is 0 Å². The normalized spacial score (nSPS) is 10.6. The van der Waals surface area contributed by atoms with Crippen LogP contribution in [-0.4, -0.2) is 29.8 Å². The van der Waals surface area contributed by atoms with Crippen LogP contribution in [0.25, 0.3) is 0 Å². The van der Waals surface area contributed by atoms with Crippen LogP contribution in [0.5, 0.6) is 0 Å². The molecule has 80 valence electrons. The largest absolute Gasteiger partial charge is 0.385 e. The van der Waals surface area contributed by atoms with Crippen LogP contribution < -0.4 is 5.32 Å². The number of rotatable bonds is 8. The second-order valence-electron chi connectivity index (χ2n) is 3.13. The van der Waals surface area contributed by atoms with Gasteiger partial charge in [-0.3, -0.25) is 0 Å². The smallest absolute Gasteiger partial charge is 0.0893 e. The Morgan fingerprint density at radius 1 is 1.43 bits per heavy atom. The van der Waals surface area contributed by atoms with Gasteiger partial charge in [0.25, 0.3) is 0 Å². The fourth-order valence-corrected chi connectivity index (χ4v) is 1.60. The van der Waals surface area contributed by atoms with E-state index in [1.807, 2.05) is 5.38 Å². The van der Waals surface area contributed by atoms with E-state index in [2.05, 4.69) is 14.9 Å². The van der Waals surface area contributed by atoms with Crippen molar-refractivity contribution >= 4 is 11.5 Å². The van der Waals surface area contributed by atoms with Crippen molar-refractivity contribution in [3.8, 4) is 0 Å². The van der Waals surface area contributed by atoms with Crippen molar-refractivity contribution in [2.75, 3.05) is 20.3 Å². The summed E-state index contributed by atoms with van der Waals surface area (Å²) in [6.07, 6.45) is 3.56. The first kappa shape index (κ1) is 11.6. The van der Waals surface area contributed by atoms with Gasteiger partial charge >= 0.3 is 0 Å². The topological polar surface area (TPSA) is 47.0 Å². The average Bonchev–Trinajstić information content (AvgIpc) is 2.69. The zero-order valence-electron chi connectivity index (χ0n) is 8.53. The summed E-state index contributed by atoms with van der Waals surface area (Å²) in [7, 11) is 1.74. The molecule has 0 spiro atoms. The first-order valence-corrected chi connectivity index (χ1v) is 5.72. The molecule has 0 aliphatic heterocycles. The van der Waals surface area contributed by atoms with Gasteiger partial charge in [0.2, 0.25) is 0 Å². The van der Waals surface area contributed by atoms with Crippen LogP contribution in [0.1, 0.15) is 25.0 Å². The molecule has 0 saturated heterocycles. The average molecular weight is 215 g/mol. The van der Waals surface area contributed by atoms with Crippen molar-refractivity contribution in [2.24, 2.45) is 0 Å². The van der Waals surface area contributed by atoms with Gasteiger partial charge in [0, 0.05) is 25.6 Å². The molecule has 1 heterocycles. The molecule has 0 aromatic carbocycles. The maximum absolute atomic E-state index is 4.97. The molecule has 0 bridgehead atoms. The van der Waals surface area contributed by atoms with E-state index in [9.17, 15) is 0 Å². The summed E-state index contributed by atoms with van der Waals surface area (Å²) in [6.45, 7) is 2.75. The van der Waals surface area contributed by atoms with E-state index in [0.29, 0.717) is 0 Å². The summed E-state index contributed by atoms with van der Waals surface area (Å²) in [4.78, 5) is 0. The highest BCUT2D eigenvalue weighted by Crippen LogP contribution is 1.97. The molecule has 1 aromatic rings. The molecule has 1 rings (SSSR count). The van der Waals surface area contributed by atoms with Gasteiger partial charge in [0.1, 0.15) is 0 Å². The van der Waals surface area contributed by atoms with Crippen LogP contribution >= 0.6 is 11.5 Å². The molecular formula is C9H17N3OS. The Morgan fingerprint density at radius 3 is 3.07 bits per heavy atom. The van der Waals surface area contributed by atoms with Crippen LogP contribution in [-0.2, 0) is 11.3 Å². The monoisotopic (exact) mass is 215 g/mol. The van der Waals surface area contributed by atoms with Crippen LogP contribution in [0.4, 0.5) is 0 Å². The standard InChI is InChI=1S/C9H17N3OS/c1-13-6-4-2-3-5-10-7-9-8-14-12-11-9/h8,10H,2-7H2,1H3. The molecule has 0 aliphatic carbocycles. The minimum absolute atomic E-state index is 0.834. The first-order valence-electron chi connectivity index (χ1n) is 4.89. The van der Waals surface area contributed by atoms with Crippen molar-refractivity contribution in [1.29, 1.82) is 0 Å². The third-order valence-electron chi connectivity index (χ3n) is 1.91. The van der Waals surface area contributed by atoms with Gasteiger partial charge in [0.05, 0.1) is 5.69 Å². The first-order chi connectivity index (χ1) is 6.93. The number of unbranched alkanes of at least 4 members (excludes halogenated alkanes) is 2. The zero-order valence-corrected chi connectivity index (χ0v) is 9.35. The van der Waals surface area contributed by atoms with E-state index in [4.69, 9.17) is 4.74 Å². The lowest BCUT2D eigenvalue weighted by Crippen LogP contribution is -2.15. The summed E-state index contributed by atoms with van der Waals surface area (Å²) in [5.41, 5.74) is 1.03. The van der Waals surface area contributed by atoms with Gasteiger partial charge in [-0.1, -0.05) is 4.49 Å². The quantitative estimate of drug-likeness (QED) is 0.667. The summed E-state index contributed by atoms with van der Waals surface area (Å²) < 4.78 is 8.77. The number of hydrogen-bond acceptors (Lipinski definition) is 5. The molecule has 14 heavy (non-hydrogen) atoms. The highest BCUT2D eigenvalue weighted by atomic mass is 32.1. The number of nitrogens with zero attached hydrogens (tertiary/aromatic N) is 2. The number of hydrogen-bond donors (Lipinski definition) is 1. The molecule has 0 unspecified atom stereocenters. The number of nitrogens with one attached hydrogen (secondary N) is 1. The Balaban J connectivity index is 1.85. The number of methoxy groups -OCH3 is 1. The lowest BCUT2D eigenvalue weighted by molar-refractivity contribution is 0.192. The van der Waals surface area contributed by atoms with Crippen molar-refractivity contribution < 1.29 is 4.74 Å². The SMILES string of the molecule is COCCCCCNCc1csnn1. The van der Waals surface area contributed by atoms with Gasteiger partial charge in [-0.2, -0.15) is 0 Å². The summed E-state index contributed by atoms with van der Waals surface area (Å²) in [6, 6.07) is 0. The predicted octanol–water partition coefficient (Wildman–Crippen LogP) is 1.44. The molecular weight excluding hydrogens is 198 g/mol. The van der Waals surface area contributed by atoms with Crippen LogP contribution in [0.3, 0.4) is 0 Å². The molecule has 0 radical (unpaired) electrons. The maximum atomic E-state index is 4.97. The molecule has 4 nitrogen and oxygen atoms in total. The molecule has 0 aliphatic rings. The lowest BCUT2D eigenvalue weighted by Gasteiger charge is -2.01. The van der Waals surface area contributed by atoms with E-state index >= 15 is 0 Å². The Bertz CT molecular complexity index is 216. The van der Waals surface area contributed by atoms with Gasteiger partial charge in [0.15, 0.2) is 0 Å². The Hall–Kier alpha value is -0.520. The highest BCUT2D eigenvalue weighted by molar-refractivity contribution is 7.03.